The number of anilines is 1. The quantitative estimate of drug-likeness (QED) is 0.0108. The van der Waals surface area contributed by atoms with Crippen LogP contribution in [0.25, 0.3) is 22.3 Å². The van der Waals surface area contributed by atoms with E-state index in [9.17, 15) is 24.3 Å². The van der Waals surface area contributed by atoms with Gasteiger partial charge in [0.25, 0.3) is 0 Å². The van der Waals surface area contributed by atoms with Gasteiger partial charge in [0.1, 0.15) is 17.2 Å². The van der Waals surface area contributed by atoms with E-state index in [1.807, 2.05) is 116 Å². The van der Waals surface area contributed by atoms with Crippen molar-refractivity contribution in [3.05, 3.63) is 146 Å². The SMILES string of the molecule is C=CC(=O)OCCCCCCOc1ccc(-c2cc(CCCCCCOc3ccc(N=Nc4ccc(N(C)C)cc4)cc3)c(-c3ccc(OCCCCCCOC(=O)C=C)cc3)c(C(=O)OC(=O)O)c2)cc1. The number of azo groups is 1. The molecule has 0 saturated carbocycles. The molecule has 72 heavy (non-hydrogen) atoms. The predicted molar refractivity (Wildman–Crippen MR) is 280 cm³/mol. The second-order valence-electron chi connectivity index (χ2n) is 17.1. The van der Waals surface area contributed by atoms with Gasteiger partial charge in [-0.3, -0.25) is 0 Å². The van der Waals surface area contributed by atoms with Gasteiger partial charge < -0.3 is 38.4 Å². The monoisotopic (exact) mass is 981 g/mol. The summed E-state index contributed by atoms with van der Waals surface area (Å²) in [5.74, 6) is 0.296. The van der Waals surface area contributed by atoms with Crippen molar-refractivity contribution in [2.45, 2.75) is 83.5 Å². The van der Waals surface area contributed by atoms with Crippen molar-refractivity contribution in [2.24, 2.45) is 10.2 Å². The molecule has 0 aliphatic rings. The van der Waals surface area contributed by atoms with E-state index in [0.717, 1.165) is 134 Å². The van der Waals surface area contributed by atoms with Crippen molar-refractivity contribution in [1.29, 1.82) is 0 Å². The van der Waals surface area contributed by atoms with Gasteiger partial charge in [0.15, 0.2) is 0 Å². The summed E-state index contributed by atoms with van der Waals surface area (Å²) in [4.78, 5) is 49.9. The van der Waals surface area contributed by atoms with Crippen molar-refractivity contribution in [3.63, 3.8) is 0 Å². The molecule has 5 aromatic rings. The molecule has 0 spiro atoms. The predicted octanol–water partition coefficient (Wildman–Crippen LogP) is 13.9. The maximum Gasteiger partial charge on any atom is 0.513 e. The van der Waals surface area contributed by atoms with E-state index in [2.05, 4.69) is 29.5 Å². The van der Waals surface area contributed by atoms with Crippen molar-refractivity contribution in [2.75, 3.05) is 52.0 Å². The minimum atomic E-state index is -1.69. The second-order valence-corrected chi connectivity index (χ2v) is 17.1. The third-order valence-corrected chi connectivity index (χ3v) is 11.5. The number of rotatable bonds is 32. The van der Waals surface area contributed by atoms with E-state index in [4.69, 9.17) is 28.4 Å². The molecular weight excluding hydrogens is 915 g/mol. The van der Waals surface area contributed by atoms with E-state index in [1.54, 1.807) is 6.07 Å². The summed E-state index contributed by atoms with van der Waals surface area (Å²) in [5.41, 5.74) is 6.46. The highest BCUT2D eigenvalue weighted by Gasteiger charge is 2.22. The van der Waals surface area contributed by atoms with E-state index in [1.165, 1.54) is 0 Å². The Bertz CT molecular complexity index is 2520. The molecule has 0 aliphatic carbocycles. The van der Waals surface area contributed by atoms with E-state index < -0.39 is 24.1 Å². The summed E-state index contributed by atoms with van der Waals surface area (Å²) in [6.07, 6.45) is 11.5. The lowest BCUT2D eigenvalue weighted by Gasteiger charge is -2.18. The lowest BCUT2D eigenvalue weighted by atomic mass is 9.88. The minimum Gasteiger partial charge on any atom is -0.494 e. The first-order valence-corrected chi connectivity index (χ1v) is 24.6. The minimum absolute atomic E-state index is 0.136. The molecule has 0 unspecified atom stereocenters. The molecule has 5 aromatic carbocycles. The number of hydrogen-bond donors (Lipinski definition) is 1. The van der Waals surface area contributed by atoms with Gasteiger partial charge in [0.05, 0.1) is 50.0 Å². The summed E-state index contributed by atoms with van der Waals surface area (Å²) >= 11 is 0. The van der Waals surface area contributed by atoms with Gasteiger partial charge in [-0.25, -0.2) is 19.2 Å². The molecule has 14 nitrogen and oxygen atoms in total. The van der Waals surface area contributed by atoms with Gasteiger partial charge in [-0.15, -0.1) is 0 Å². The lowest BCUT2D eigenvalue weighted by Crippen LogP contribution is -2.13. The van der Waals surface area contributed by atoms with Crippen molar-refractivity contribution >= 4 is 41.1 Å². The summed E-state index contributed by atoms with van der Waals surface area (Å²) < 4.78 is 33.0. The third-order valence-electron chi connectivity index (χ3n) is 11.5. The number of esters is 3. The molecule has 0 heterocycles. The van der Waals surface area contributed by atoms with Crippen LogP contribution < -0.4 is 19.1 Å². The molecule has 5 rings (SSSR count). The summed E-state index contributed by atoms with van der Waals surface area (Å²) in [7, 11) is 3.98. The maximum absolute atomic E-state index is 13.7. The van der Waals surface area contributed by atoms with Crippen LogP contribution in [-0.2, 0) is 30.2 Å². The van der Waals surface area contributed by atoms with Crippen LogP contribution >= 0.6 is 0 Å². The fraction of sp³-hybridized carbons (Fsp3) is 0.345. The fourth-order valence-corrected chi connectivity index (χ4v) is 7.63. The Hall–Kier alpha value is -7.74. The Kier molecular flexibility index (Phi) is 23.6. The van der Waals surface area contributed by atoms with Crippen LogP contribution in [0.4, 0.5) is 21.9 Å². The molecule has 0 bridgehead atoms. The van der Waals surface area contributed by atoms with Crippen molar-refractivity contribution < 1.29 is 52.7 Å². The van der Waals surface area contributed by atoms with Gasteiger partial charge >= 0.3 is 24.1 Å². The van der Waals surface area contributed by atoms with E-state index in [0.29, 0.717) is 56.5 Å². The van der Waals surface area contributed by atoms with Crippen LogP contribution in [0.15, 0.2) is 145 Å². The van der Waals surface area contributed by atoms with Crippen LogP contribution in [0.1, 0.15) is 93.0 Å². The first kappa shape index (κ1) is 55.2. The number of nitrogens with zero attached hydrogens (tertiary/aromatic N) is 3. The zero-order valence-corrected chi connectivity index (χ0v) is 41.6. The summed E-state index contributed by atoms with van der Waals surface area (Å²) in [6, 6.07) is 34.2. The number of unbranched alkanes of at least 4 members (excludes halogenated alkanes) is 9. The Labute approximate surface area is 423 Å². The smallest absolute Gasteiger partial charge is 0.494 e. The highest BCUT2D eigenvalue weighted by molar-refractivity contribution is 6.03. The first-order chi connectivity index (χ1) is 35.0. The van der Waals surface area contributed by atoms with Crippen LogP contribution in [0.5, 0.6) is 17.2 Å². The normalized spacial score (nSPS) is 10.9. The topological polar surface area (TPSA) is 172 Å². The average molecular weight is 982 g/mol. The zero-order chi connectivity index (χ0) is 51.3. The van der Waals surface area contributed by atoms with Crippen LogP contribution in [0.2, 0.25) is 0 Å². The number of benzene rings is 5. The number of carboxylic acid groups (broad SMARTS) is 1. The average Bonchev–Trinajstić information content (AvgIpc) is 3.39. The second kappa shape index (κ2) is 30.8. The van der Waals surface area contributed by atoms with Gasteiger partial charge in [0, 0.05) is 31.9 Å². The van der Waals surface area contributed by atoms with E-state index in [-0.39, 0.29) is 5.56 Å². The maximum atomic E-state index is 13.7. The van der Waals surface area contributed by atoms with Crippen LogP contribution in [-0.4, -0.2) is 76.3 Å². The number of carbonyl (C=O) groups excluding carboxylic acids is 3. The third kappa shape index (κ3) is 19.6. The number of carbonyl (C=O) groups is 4. The Balaban J connectivity index is 1.23. The number of hydrogen-bond acceptors (Lipinski definition) is 13. The molecule has 0 saturated heterocycles. The van der Waals surface area contributed by atoms with Gasteiger partial charge in [-0.1, -0.05) is 56.3 Å². The van der Waals surface area contributed by atoms with Crippen molar-refractivity contribution in [1.82, 2.24) is 0 Å². The molecular formula is C58H67N3O11. The summed E-state index contributed by atoms with van der Waals surface area (Å²) in [6.45, 7) is 9.10. The number of aryl methyl sites for hydroxylation is 1. The largest absolute Gasteiger partial charge is 0.513 e. The molecule has 1 N–H and O–H groups in total. The Morgan fingerprint density at radius 1 is 0.514 bits per heavy atom. The molecule has 14 heteroatoms. The molecule has 0 fully saturated rings. The lowest BCUT2D eigenvalue weighted by molar-refractivity contribution is -0.138. The van der Waals surface area contributed by atoms with Gasteiger partial charge in [-0.2, -0.15) is 10.2 Å². The highest BCUT2D eigenvalue weighted by atomic mass is 16.7. The molecule has 0 amide bonds. The Morgan fingerprint density at radius 3 is 1.38 bits per heavy atom. The Morgan fingerprint density at radius 2 is 0.931 bits per heavy atom. The van der Waals surface area contributed by atoms with Gasteiger partial charge in [0.2, 0.25) is 0 Å². The van der Waals surface area contributed by atoms with Crippen molar-refractivity contribution in [3.8, 4) is 39.5 Å². The molecule has 0 atom stereocenters. The first-order valence-electron chi connectivity index (χ1n) is 24.6. The molecule has 0 radical (unpaired) electrons. The number of ether oxygens (including phenoxy) is 6. The molecule has 380 valence electrons. The van der Waals surface area contributed by atoms with E-state index >= 15 is 0 Å². The standard InChI is InChI=1S/C58H67N3O11/c1-5-54(62)70-39-17-11-9-15-37-67-50-30-20-43(21-31-50)46-41-45(19-13-7-8-14-36-69-52-34-26-48(27-35-52)60-59-47-24-28-49(29-25-47)61(3)4)56(53(42-46)57(64)72-58(65)66)44-22-32-51(33-23-44)68-38-16-10-12-18-40-71-55(63)6-2/h5-6,20-35,41-42H,1-2,7-19,36-40H2,3-4H3,(H,65,66). The van der Waals surface area contributed by atoms with Gasteiger partial charge in [-0.05, 0) is 177 Å². The highest BCUT2D eigenvalue weighted by Crippen LogP contribution is 2.36. The molecule has 0 aromatic heterocycles. The van der Waals surface area contributed by atoms with Crippen LogP contribution in [0, 0.1) is 0 Å². The molecule has 0 aliphatic heterocycles. The fourth-order valence-electron chi connectivity index (χ4n) is 7.63. The zero-order valence-electron chi connectivity index (χ0n) is 41.6. The van der Waals surface area contributed by atoms with Crippen LogP contribution in [0.3, 0.4) is 0 Å². The summed E-state index contributed by atoms with van der Waals surface area (Å²) in [5, 5.41) is 18.3.